The second-order valence-electron chi connectivity index (χ2n) is 7.27. The lowest BCUT2D eigenvalue weighted by molar-refractivity contribution is -0.136. The van der Waals surface area contributed by atoms with E-state index < -0.39 is 18.1 Å². The highest BCUT2D eigenvalue weighted by Gasteiger charge is 2.29. The van der Waals surface area contributed by atoms with Gasteiger partial charge in [-0.05, 0) is 41.3 Å². The van der Waals surface area contributed by atoms with Gasteiger partial charge in [0.15, 0.2) is 6.29 Å². The van der Waals surface area contributed by atoms with Gasteiger partial charge in [-0.2, -0.15) is 0 Å². The van der Waals surface area contributed by atoms with Crippen molar-refractivity contribution in [1.29, 1.82) is 0 Å². The van der Waals surface area contributed by atoms with Crippen molar-refractivity contribution in [2.75, 3.05) is 6.61 Å². The molecule has 3 aromatic carbocycles. The van der Waals surface area contributed by atoms with Crippen LogP contribution in [0.1, 0.15) is 34.3 Å². The Kier molecular flexibility index (Phi) is 5.80. The van der Waals surface area contributed by atoms with Gasteiger partial charge in [0.2, 0.25) is 0 Å². The van der Waals surface area contributed by atoms with Crippen molar-refractivity contribution in [2.45, 2.75) is 18.9 Å². The molecule has 1 atom stereocenters. The highest BCUT2D eigenvalue weighted by atomic mass is 16.6. The van der Waals surface area contributed by atoms with Crippen molar-refractivity contribution in [1.82, 2.24) is 5.32 Å². The third kappa shape index (κ3) is 4.19. The fourth-order valence-electron chi connectivity index (χ4n) is 3.74. The molecule has 156 valence electrons. The first-order valence-electron chi connectivity index (χ1n) is 9.96. The number of rotatable bonds is 6. The van der Waals surface area contributed by atoms with Gasteiger partial charge in [-0.25, -0.2) is 9.59 Å². The van der Waals surface area contributed by atoms with Crippen LogP contribution in [-0.4, -0.2) is 31.0 Å². The zero-order valence-corrected chi connectivity index (χ0v) is 16.9. The van der Waals surface area contributed by atoms with E-state index in [0.29, 0.717) is 6.29 Å². The van der Waals surface area contributed by atoms with Crippen LogP contribution < -0.4 is 10.1 Å². The largest absolute Gasteiger partial charge is 0.449 e. The monoisotopic (exact) mass is 415 g/mol. The lowest BCUT2D eigenvalue weighted by Crippen LogP contribution is -2.41. The molecule has 1 N–H and O–H groups in total. The Morgan fingerprint density at radius 1 is 0.935 bits per heavy atom. The zero-order valence-electron chi connectivity index (χ0n) is 16.9. The predicted octanol–water partition coefficient (Wildman–Crippen LogP) is 4.33. The molecule has 4 rings (SSSR count). The van der Waals surface area contributed by atoms with Gasteiger partial charge in [0.05, 0.1) is 5.56 Å². The van der Waals surface area contributed by atoms with Crippen LogP contribution in [0.4, 0.5) is 4.79 Å². The minimum absolute atomic E-state index is 0.0696. The van der Waals surface area contributed by atoms with E-state index in [1.54, 1.807) is 18.2 Å². The summed E-state index contributed by atoms with van der Waals surface area (Å²) in [6.45, 7) is 1.64. The van der Waals surface area contributed by atoms with Crippen molar-refractivity contribution in [3.8, 4) is 16.9 Å². The molecule has 0 radical (unpaired) electrons. The Hall–Kier alpha value is -3.93. The quantitative estimate of drug-likeness (QED) is 0.368. The summed E-state index contributed by atoms with van der Waals surface area (Å²) in [4.78, 5) is 35.7. The van der Waals surface area contributed by atoms with Gasteiger partial charge in [-0.1, -0.05) is 60.7 Å². The molecular formula is C25H21NO5. The molecule has 0 fully saturated rings. The number of nitrogens with one attached hydrogen (secondary N) is 1. The molecule has 6 nitrogen and oxygen atoms in total. The number of carbonyl (C=O) groups is 3. The topological polar surface area (TPSA) is 81.7 Å². The minimum Gasteiger partial charge on any atom is -0.449 e. The average Bonchev–Trinajstić information content (AvgIpc) is 3.11. The summed E-state index contributed by atoms with van der Waals surface area (Å²) in [7, 11) is 0. The van der Waals surface area contributed by atoms with Gasteiger partial charge in [-0.15, -0.1) is 0 Å². The molecule has 1 unspecified atom stereocenters. The van der Waals surface area contributed by atoms with Crippen molar-refractivity contribution in [3.63, 3.8) is 0 Å². The highest BCUT2D eigenvalue weighted by molar-refractivity contribution is 5.86. The number of alkyl carbamates (subject to hydrolysis) is 1. The highest BCUT2D eigenvalue weighted by Crippen LogP contribution is 2.44. The Morgan fingerprint density at radius 3 is 2.16 bits per heavy atom. The standard InChI is InChI=1S/C25H21NO5/c1-16(24(28)31-23-13-7-2-8-17(23)14-27)26-25(29)30-15-22-20-11-5-3-9-18(20)19-10-4-6-12-21(19)22/h2-14,16,22H,15H2,1H3,(H,26,29). The molecule has 0 heterocycles. The van der Waals surface area contributed by atoms with E-state index in [2.05, 4.69) is 17.4 Å². The average molecular weight is 415 g/mol. The Bertz CT molecular complexity index is 1090. The summed E-state index contributed by atoms with van der Waals surface area (Å²) in [5.41, 5.74) is 4.74. The van der Waals surface area contributed by atoms with E-state index in [4.69, 9.17) is 9.47 Å². The first kappa shape index (κ1) is 20.3. The van der Waals surface area contributed by atoms with Gasteiger partial charge in [0, 0.05) is 5.92 Å². The summed E-state index contributed by atoms with van der Waals surface area (Å²) in [5, 5.41) is 2.49. The number of carbonyl (C=O) groups excluding carboxylic acids is 3. The Balaban J connectivity index is 1.37. The van der Waals surface area contributed by atoms with Crippen LogP contribution in [0.2, 0.25) is 0 Å². The number of ether oxygens (including phenoxy) is 2. The van der Waals surface area contributed by atoms with Gasteiger partial charge in [0.1, 0.15) is 18.4 Å². The van der Waals surface area contributed by atoms with E-state index in [-0.39, 0.29) is 23.8 Å². The molecule has 1 aliphatic rings. The van der Waals surface area contributed by atoms with E-state index in [0.717, 1.165) is 22.3 Å². The number of hydrogen-bond acceptors (Lipinski definition) is 5. The summed E-state index contributed by atoms with van der Waals surface area (Å²) >= 11 is 0. The van der Waals surface area contributed by atoms with Crippen LogP contribution in [0, 0.1) is 0 Å². The molecule has 0 bridgehead atoms. The molecular weight excluding hydrogens is 394 g/mol. The number of esters is 1. The Morgan fingerprint density at radius 2 is 1.52 bits per heavy atom. The number of fused-ring (bicyclic) bond motifs is 3. The number of hydrogen-bond donors (Lipinski definition) is 1. The third-order valence-corrected chi connectivity index (χ3v) is 5.29. The molecule has 0 aliphatic heterocycles. The first-order valence-corrected chi connectivity index (χ1v) is 9.96. The minimum atomic E-state index is -0.949. The van der Waals surface area contributed by atoms with Crippen LogP contribution in [0.15, 0.2) is 72.8 Å². The number of amides is 1. The van der Waals surface area contributed by atoms with Crippen molar-refractivity contribution in [2.24, 2.45) is 0 Å². The van der Waals surface area contributed by atoms with Gasteiger partial charge in [-0.3, -0.25) is 4.79 Å². The summed E-state index contributed by atoms with van der Waals surface area (Å²) in [5.74, 6) is -0.619. The van der Waals surface area contributed by atoms with Crippen LogP contribution in [0.3, 0.4) is 0 Å². The maximum atomic E-state index is 12.3. The SMILES string of the molecule is CC(NC(=O)OCC1c2ccccc2-c2ccccc21)C(=O)Oc1ccccc1C=O. The molecule has 1 amide bonds. The maximum absolute atomic E-state index is 12.3. The summed E-state index contributed by atoms with van der Waals surface area (Å²) < 4.78 is 10.7. The van der Waals surface area contributed by atoms with Gasteiger partial charge < -0.3 is 14.8 Å². The lowest BCUT2D eigenvalue weighted by Gasteiger charge is -2.17. The third-order valence-electron chi connectivity index (χ3n) is 5.29. The molecule has 1 aliphatic carbocycles. The van der Waals surface area contributed by atoms with Crippen molar-refractivity contribution >= 4 is 18.3 Å². The normalized spacial score (nSPS) is 12.9. The molecule has 31 heavy (non-hydrogen) atoms. The Labute approximate surface area is 179 Å². The lowest BCUT2D eigenvalue weighted by atomic mass is 9.98. The fraction of sp³-hybridized carbons (Fsp3) is 0.160. The maximum Gasteiger partial charge on any atom is 0.407 e. The summed E-state index contributed by atoms with van der Waals surface area (Å²) in [6, 6.07) is 21.5. The predicted molar refractivity (Wildman–Crippen MR) is 115 cm³/mol. The number of benzene rings is 3. The number of aldehydes is 1. The summed E-state index contributed by atoms with van der Waals surface area (Å²) in [6.07, 6.45) is -0.110. The van der Waals surface area contributed by atoms with Crippen LogP contribution in [-0.2, 0) is 9.53 Å². The van der Waals surface area contributed by atoms with E-state index in [1.807, 2.05) is 36.4 Å². The second-order valence-corrected chi connectivity index (χ2v) is 7.27. The molecule has 0 spiro atoms. The van der Waals surface area contributed by atoms with Crippen LogP contribution in [0.25, 0.3) is 11.1 Å². The number of para-hydroxylation sites is 1. The molecule has 0 aromatic heterocycles. The molecule has 0 saturated carbocycles. The van der Waals surface area contributed by atoms with Crippen LogP contribution >= 0.6 is 0 Å². The fourth-order valence-corrected chi connectivity index (χ4v) is 3.74. The molecule has 6 heteroatoms. The second kappa shape index (κ2) is 8.83. The molecule has 3 aromatic rings. The smallest absolute Gasteiger partial charge is 0.407 e. The van der Waals surface area contributed by atoms with E-state index >= 15 is 0 Å². The van der Waals surface area contributed by atoms with Gasteiger partial charge in [0.25, 0.3) is 0 Å². The van der Waals surface area contributed by atoms with Crippen molar-refractivity contribution < 1.29 is 23.9 Å². The zero-order chi connectivity index (χ0) is 21.8. The van der Waals surface area contributed by atoms with E-state index in [1.165, 1.54) is 13.0 Å². The molecule has 0 saturated heterocycles. The van der Waals surface area contributed by atoms with Crippen molar-refractivity contribution in [3.05, 3.63) is 89.5 Å². The van der Waals surface area contributed by atoms with E-state index in [9.17, 15) is 14.4 Å². The van der Waals surface area contributed by atoms with Crippen LogP contribution in [0.5, 0.6) is 5.75 Å². The van der Waals surface area contributed by atoms with Gasteiger partial charge >= 0.3 is 12.1 Å². The first-order chi connectivity index (χ1) is 15.1.